The van der Waals surface area contributed by atoms with E-state index in [1.54, 1.807) is 50.2 Å². The third-order valence-electron chi connectivity index (χ3n) is 6.11. The number of anilines is 1. The van der Waals surface area contributed by atoms with E-state index in [0.29, 0.717) is 34.8 Å². The van der Waals surface area contributed by atoms with Gasteiger partial charge in [0.15, 0.2) is 11.6 Å². The Morgan fingerprint density at radius 2 is 1.75 bits per heavy atom. The van der Waals surface area contributed by atoms with Crippen LogP contribution in [-0.4, -0.2) is 30.5 Å². The molecule has 1 saturated heterocycles. The van der Waals surface area contributed by atoms with Gasteiger partial charge >= 0.3 is 0 Å². The van der Waals surface area contributed by atoms with Crippen molar-refractivity contribution in [1.82, 2.24) is 0 Å². The molecule has 1 fully saturated rings. The van der Waals surface area contributed by atoms with Crippen molar-refractivity contribution in [1.29, 1.82) is 0 Å². The standard InChI is InChI=1S/C28H25F2NO5/c1-5-36-19-8-6-7-17(13-19)25-24(26(32)20-11-16(3)23(35-4)12-15(20)2)27(33)28(34)31(25)18-9-10-21(29)22(30)14-18/h6-14,25,32H,5H2,1-4H3/b26-24+. The predicted molar refractivity (Wildman–Crippen MR) is 131 cm³/mol. The van der Waals surface area contributed by atoms with Gasteiger partial charge in [-0.2, -0.15) is 0 Å². The number of aryl methyl sites for hydroxylation is 2. The first-order valence-corrected chi connectivity index (χ1v) is 11.3. The summed E-state index contributed by atoms with van der Waals surface area (Å²) in [4.78, 5) is 27.7. The molecule has 186 valence electrons. The molecule has 1 aliphatic rings. The lowest BCUT2D eigenvalue weighted by Gasteiger charge is -2.26. The quantitative estimate of drug-likeness (QED) is 0.274. The summed E-state index contributed by atoms with van der Waals surface area (Å²) in [5.74, 6) is -3.47. The van der Waals surface area contributed by atoms with Gasteiger partial charge < -0.3 is 14.6 Å². The number of nitrogens with zero attached hydrogens (tertiary/aromatic N) is 1. The number of carbonyl (C=O) groups is 2. The number of ketones is 1. The van der Waals surface area contributed by atoms with Crippen molar-refractivity contribution < 1.29 is 33.0 Å². The largest absolute Gasteiger partial charge is 0.507 e. The van der Waals surface area contributed by atoms with Crippen LogP contribution >= 0.6 is 0 Å². The molecule has 1 aliphatic heterocycles. The van der Waals surface area contributed by atoms with Crippen LogP contribution in [0, 0.1) is 25.5 Å². The molecule has 0 spiro atoms. The Morgan fingerprint density at radius 1 is 1.00 bits per heavy atom. The summed E-state index contributed by atoms with van der Waals surface area (Å²) in [6, 6.07) is 11.9. The van der Waals surface area contributed by atoms with Crippen LogP contribution in [0.25, 0.3) is 5.76 Å². The van der Waals surface area contributed by atoms with E-state index in [0.717, 1.165) is 22.6 Å². The van der Waals surface area contributed by atoms with E-state index in [1.165, 1.54) is 13.2 Å². The van der Waals surface area contributed by atoms with Crippen LogP contribution in [0.15, 0.2) is 60.2 Å². The molecule has 1 N–H and O–H groups in total. The molecule has 1 unspecified atom stereocenters. The molecule has 1 heterocycles. The molecule has 0 bridgehead atoms. The highest BCUT2D eigenvalue weighted by molar-refractivity contribution is 6.51. The van der Waals surface area contributed by atoms with Crippen molar-refractivity contribution in [3.05, 3.63) is 94.1 Å². The summed E-state index contributed by atoms with van der Waals surface area (Å²) < 4.78 is 38.7. The molecule has 1 atom stereocenters. The zero-order valence-corrected chi connectivity index (χ0v) is 20.3. The van der Waals surface area contributed by atoms with Gasteiger partial charge in [-0.05, 0) is 73.9 Å². The van der Waals surface area contributed by atoms with Crippen LogP contribution < -0.4 is 14.4 Å². The Kier molecular flexibility index (Phi) is 6.79. The molecule has 1 amide bonds. The minimum absolute atomic E-state index is 0.0236. The first-order chi connectivity index (χ1) is 17.2. The molecule has 36 heavy (non-hydrogen) atoms. The monoisotopic (exact) mass is 493 g/mol. The predicted octanol–water partition coefficient (Wildman–Crippen LogP) is 5.62. The number of ether oxygens (including phenoxy) is 2. The Labute approximate surface area is 207 Å². The third kappa shape index (κ3) is 4.30. The molecule has 0 aromatic heterocycles. The zero-order chi connectivity index (χ0) is 26.1. The Bertz CT molecular complexity index is 1400. The average Bonchev–Trinajstić information content (AvgIpc) is 3.12. The van der Waals surface area contributed by atoms with Gasteiger partial charge in [-0.1, -0.05) is 12.1 Å². The van der Waals surface area contributed by atoms with Crippen LogP contribution in [0.4, 0.5) is 14.5 Å². The molecule has 0 saturated carbocycles. The number of benzene rings is 3. The fourth-order valence-electron chi connectivity index (χ4n) is 4.40. The average molecular weight is 494 g/mol. The maximum absolute atomic E-state index is 14.1. The van der Waals surface area contributed by atoms with Crippen LogP contribution in [-0.2, 0) is 9.59 Å². The fourth-order valence-corrected chi connectivity index (χ4v) is 4.40. The molecular formula is C28H25F2NO5. The number of halogens is 2. The second-order valence-corrected chi connectivity index (χ2v) is 8.41. The Hall–Kier alpha value is -4.20. The molecule has 3 aromatic carbocycles. The molecule has 0 radical (unpaired) electrons. The first kappa shape index (κ1) is 24.9. The van der Waals surface area contributed by atoms with Gasteiger partial charge in [-0.25, -0.2) is 8.78 Å². The summed E-state index contributed by atoms with van der Waals surface area (Å²) in [6.07, 6.45) is 0. The maximum atomic E-state index is 14.1. The van der Waals surface area contributed by atoms with Crippen LogP contribution in [0.5, 0.6) is 11.5 Å². The number of rotatable bonds is 6. The first-order valence-electron chi connectivity index (χ1n) is 11.3. The maximum Gasteiger partial charge on any atom is 0.300 e. The van der Waals surface area contributed by atoms with Crippen LogP contribution in [0.1, 0.15) is 35.2 Å². The number of carbonyl (C=O) groups excluding carboxylic acids is 2. The smallest absolute Gasteiger partial charge is 0.300 e. The minimum Gasteiger partial charge on any atom is -0.507 e. The van der Waals surface area contributed by atoms with E-state index < -0.39 is 29.4 Å². The van der Waals surface area contributed by atoms with Gasteiger partial charge in [0.2, 0.25) is 0 Å². The normalized spacial score (nSPS) is 16.9. The Balaban J connectivity index is 1.98. The van der Waals surface area contributed by atoms with E-state index in [1.807, 2.05) is 6.92 Å². The van der Waals surface area contributed by atoms with Gasteiger partial charge in [0.05, 0.1) is 25.3 Å². The Morgan fingerprint density at radius 3 is 2.42 bits per heavy atom. The summed E-state index contributed by atoms with van der Waals surface area (Å²) in [5.41, 5.74) is 1.94. The van der Waals surface area contributed by atoms with E-state index in [4.69, 9.17) is 9.47 Å². The van der Waals surface area contributed by atoms with E-state index >= 15 is 0 Å². The molecule has 8 heteroatoms. The van der Waals surface area contributed by atoms with Crippen molar-refractivity contribution in [3.63, 3.8) is 0 Å². The van der Waals surface area contributed by atoms with Crippen molar-refractivity contribution in [3.8, 4) is 11.5 Å². The number of methoxy groups -OCH3 is 1. The summed E-state index contributed by atoms with van der Waals surface area (Å²) >= 11 is 0. The lowest BCUT2D eigenvalue weighted by atomic mass is 9.93. The van der Waals surface area contributed by atoms with E-state index in [2.05, 4.69) is 0 Å². The SMILES string of the molecule is CCOc1cccc(C2/C(=C(\O)c3cc(C)c(OC)cc3C)C(=O)C(=O)N2c2ccc(F)c(F)c2)c1. The lowest BCUT2D eigenvalue weighted by molar-refractivity contribution is -0.132. The number of hydrogen-bond acceptors (Lipinski definition) is 5. The van der Waals surface area contributed by atoms with E-state index in [9.17, 15) is 23.5 Å². The number of hydrogen-bond donors (Lipinski definition) is 1. The van der Waals surface area contributed by atoms with Crippen molar-refractivity contribution in [2.45, 2.75) is 26.8 Å². The number of amides is 1. The molecule has 3 aromatic rings. The van der Waals surface area contributed by atoms with Gasteiger partial charge in [0.25, 0.3) is 11.7 Å². The number of aliphatic hydroxyl groups excluding tert-OH is 1. The van der Waals surface area contributed by atoms with E-state index in [-0.39, 0.29) is 17.0 Å². The van der Waals surface area contributed by atoms with Gasteiger partial charge in [-0.3, -0.25) is 14.5 Å². The van der Waals surface area contributed by atoms with Crippen LogP contribution in [0.2, 0.25) is 0 Å². The molecule has 4 rings (SSSR count). The topological polar surface area (TPSA) is 76.1 Å². The van der Waals surface area contributed by atoms with Gasteiger partial charge in [0.1, 0.15) is 17.3 Å². The summed E-state index contributed by atoms with van der Waals surface area (Å²) in [6.45, 7) is 5.73. The highest BCUT2D eigenvalue weighted by atomic mass is 19.2. The van der Waals surface area contributed by atoms with Crippen molar-refractivity contribution in [2.75, 3.05) is 18.6 Å². The highest BCUT2D eigenvalue weighted by Crippen LogP contribution is 2.43. The fraction of sp³-hybridized carbons (Fsp3) is 0.214. The second kappa shape index (κ2) is 9.81. The van der Waals surface area contributed by atoms with Gasteiger partial charge in [0, 0.05) is 17.3 Å². The van der Waals surface area contributed by atoms with Crippen molar-refractivity contribution >= 4 is 23.1 Å². The lowest BCUT2D eigenvalue weighted by Crippen LogP contribution is -2.29. The highest BCUT2D eigenvalue weighted by Gasteiger charge is 2.47. The third-order valence-corrected chi connectivity index (χ3v) is 6.11. The summed E-state index contributed by atoms with van der Waals surface area (Å²) in [5, 5.41) is 11.4. The molecule has 0 aliphatic carbocycles. The number of aliphatic hydroxyl groups is 1. The van der Waals surface area contributed by atoms with Gasteiger partial charge in [-0.15, -0.1) is 0 Å². The molecular weight excluding hydrogens is 468 g/mol. The second-order valence-electron chi connectivity index (χ2n) is 8.41. The van der Waals surface area contributed by atoms with Crippen LogP contribution in [0.3, 0.4) is 0 Å². The summed E-state index contributed by atoms with van der Waals surface area (Å²) in [7, 11) is 1.53. The minimum atomic E-state index is -1.17. The number of Topliss-reactive ketones (excluding diaryl/α,β-unsaturated/α-hetero) is 1. The zero-order valence-electron chi connectivity index (χ0n) is 20.3. The molecule has 6 nitrogen and oxygen atoms in total. The van der Waals surface area contributed by atoms with Crippen molar-refractivity contribution in [2.24, 2.45) is 0 Å².